The molecule has 1 atom stereocenters. The number of benzene rings is 2. The fraction of sp³-hybridized carbons (Fsp3) is 0.278. The van der Waals surface area contributed by atoms with Gasteiger partial charge in [-0.25, -0.2) is 13.8 Å². The standard InChI is InChI=1S/C18H21F2N3O/c1-3-21-18(22-11-13-4-7-15(24)8-5-13)23-12(2)14-6-9-16(19)17(20)10-14/h4-10,12,24H,3,11H2,1-2H3,(H2,21,22,23). The van der Waals surface area contributed by atoms with E-state index in [1.54, 1.807) is 30.3 Å². The number of halogens is 2. The first-order chi connectivity index (χ1) is 11.5. The number of aliphatic imine (C=N–C) groups is 1. The van der Waals surface area contributed by atoms with Crippen LogP contribution in [0.2, 0.25) is 0 Å². The van der Waals surface area contributed by atoms with Crippen molar-refractivity contribution < 1.29 is 13.9 Å². The predicted molar refractivity (Wildman–Crippen MR) is 90.8 cm³/mol. The Hall–Kier alpha value is -2.63. The molecule has 0 fully saturated rings. The van der Waals surface area contributed by atoms with Gasteiger partial charge in [0.1, 0.15) is 5.75 Å². The lowest BCUT2D eigenvalue weighted by molar-refractivity contribution is 0.475. The van der Waals surface area contributed by atoms with Crippen molar-refractivity contribution >= 4 is 5.96 Å². The van der Waals surface area contributed by atoms with Gasteiger partial charge in [0.15, 0.2) is 17.6 Å². The molecule has 0 amide bonds. The van der Waals surface area contributed by atoms with E-state index in [2.05, 4.69) is 15.6 Å². The molecular weight excluding hydrogens is 312 g/mol. The molecule has 0 spiro atoms. The first-order valence-corrected chi connectivity index (χ1v) is 7.77. The lowest BCUT2D eigenvalue weighted by atomic mass is 10.1. The third kappa shape index (κ3) is 4.94. The van der Waals surface area contributed by atoms with Crippen LogP contribution < -0.4 is 10.6 Å². The second-order valence-corrected chi connectivity index (χ2v) is 5.40. The third-order valence-corrected chi connectivity index (χ3v) is 3.50. The Bertz CT molecular complexity index is 702. The van der Waals surface area contributed by atoms with Crippen LogP contribution in [-0.4, -0.2) is 17.6 Å². The van der Waals surface area contributed by atoms with Crippen LogP contribution >= 0.6 is 0 Å². The molecule has 24 heavy (non-hydrogen) atoms. The molecule has 4 nitrogen and oxygen atoms in total. The summed E-state index contributed by atoms with van der Waals surface area (Å²) in [5, 5.41) is 15.6. The molecular formula is C18H21F2N3O. The first kappa shape index (κ1) is 17.7. The summed E-state index contributed by atoms with van der Waals surface area (Å²) in [6.45, 7) is 4.89. The van der Waals surface area contributed by atoms with Crippen molar-refractivity contribution in [3.05, 3.63) is 65.2 Å². The summed E-state index contributed by atoms with van der Waals surface area (Å²) in [6.07, 6.45) is 0. The van der Waals surface area contributed by atoms with Gasteiger partial charge in [0, 0.05) is 6.54 Å². The minimum atomic E-state index is -0.868. The van der Waals surface area contributed by atoms with Crippen molar-refractivity contribution in [2.45, 2.75) is 26.4 Å². The van der Waals surface area contributed by atoms with Gasteiger partial charge in [-0.2, -0.15) is 0 Å². The number of guanidine groups is 1. The quantitative estimate of drug-likeness (QED) is 0.580. The van der Waals surface area contributed by atoms with Crippen LogP contribution in [0.1, 0.15) is 31.0 Å². The Morgan fingerprint density at radius 2 is 1.83 bits per heavy atom. The van der Waals surface area contributed by atoms with E-state index in [1.807, 2.05) is 13.8 Å². The predicted octanol–water partition coefficient (Wildman–Crippen LogP) is 3.49. The number of phenols is 1. The molecule has 0 saturated carbocycles. The van der Waals surface area contributed by atoms with Gasteiger partial charge in [-0.3, -0.25) is 0 Å². The van der Waals surface area contributed by atoms with Gasteiger partial charge in [0.2, 0.25) is 0 Å². The normalized spacial score (nSPS) is 12.8. The zero-order valence-electron chi connectivity index (χ0n) is 13.7. The highest BCUT2D eigenvalue weighted by molar-refractivity contribution is 5.80. The SMILES string of the molecule is CCNC(=NCc1ccc(O)cc1)NC(C)c1ccc(F)c(F)c1. The molecule has 1 unspecified atom stereocenters. The molecule has 0 heterocycles. The number of rotatable bonds is 5. The lowest BCUT2D eigenvalue weighted by Crippen LogP contribution is -2.38. The van der Waals surface area contributed by atoms with Crippen LogP contribution in [0.3, 0.4) is 0 Å². The topological polar surface area (TPSA) is 56.7 Å². The van der Waals surface area contributed by atoms with Crippen LogP contribution in [0, 0.1) is 11.6 Å². The Balaban J connectivity index is 2.07. The van der Waals surface area contributed by atoms with Gasteiger partial charge in [0.25, 0.3) is 0 Å². The molecule has 2 aromatic rings. The fourth-order valence-corrected chi connectivity index (χ4v) is 2.16. The van der Waals surface area contributed by atoms with E-state index in [0.29, 0.717) is 24.6 Å². The lowest BCUT2D eigenvalue weighted by Gasteiger charge is -2.18. The highest BCUT2D eigenvalue weighted by Crippen LogP contribution is 2.16. The van der Waals surface area contributed by atoms with Gasteiger partial charge >= 0.3 is 0 Å². The molecule has 0 saturated heterocycles. The van der Waals surface area contributed by atoms with E-state index in [0.717, 1.165) is 11.6 Å². The maximum absolute atomic E-state index is 13.4. The van der Waals surface area contributed by atoms with Crippen LogP contribution in [0.25, 0.3) is 0 Å². The van der Waals surface area contributed by atoms with Crippen LogP contribution in [0.4, 0.5) is 8.78 Å². The van der Waals surface area contributed by atoms with Gasteiger partial charge in [-0.1, -0.05) is 18.2 Å². The van der Waals surface area contributed by atoms with Crippen molar-refractivity contribution in [1.29, 1.82) is 0 Å². The number of aromatic hydroxyl groups is 1. The van der Waals surface area contributed by atoms with E-state index in [4.69, 9.17) is 0 Å². The molecule has 0 bridgehead atoms. The van der Waals surface area contributed by atoms with Crippen LogP contribution in [0.15, 0.2) is 47.5 Å². The molecule has 6 heteroatoms. The van der Waals surface area contributed by atoms with Crippen molar-refractivity contribution in [1.82, 2.24) is 10.6 Å². The number of nitrogens with zero attached hydrogens (tertiary/aromatic N) is 1. The summed E-state index contributed by atoms with van der Waals surface area (Å²) in [5.74, 6) is -0.950. The van der Waals surface area contributed by atoms with Crippen molar-refractivity contribution in [2.24, 2.45) is 4.99 Å². The van der Waals surface area contributed by atoms with Crippen LogP contribution in [0.5, 0.6) is 5.75 Å². The Morgan fingerprint density at radius 1 is 1.12 bits per heavy atom. The Kier molecular flexibility index (Phi) is 6.12. The van der Waals surface area contributed by atoms with E-state index < -0.39 is 11.6 Å². The zero-order chi connectivity index (χ0) is 17.5. The zero-order valence-corrected chi connectivity index (χ0v) is 13.7. The van der Waals surface area contributed by atoms with E-state index in [1.165, 1.54) is 6.07 Å². The third-order valence-electron chi connectivity index (χ3n) is 3.50. The highest BCUT2D eigenvalue weighted by atomic mass is 19.2. The number of phenolic OH excluding ortho intramolecular Hbond substituents is 1. The molecule has 0 aliphatic heterocycles. The molecule has 0 aliphatic carbocycles. The smallest absolute Gasteiger partial charge is 0.192 e. The molecule has 0 aromatic heterocycles. The average molecular weight is 333 g/mol. The first-order valence-electron chi connectivity index (χ1n) is 7.77. The fourth-order valence-electron chi connectivity index (χ4n) is 2.16. The number of hydrogen-bond acceptors (Lipinski definition) is 2. The van der Waals surface area contributed by atoms with Crippen molar-refractivity contribution in [2.75, 3.05) is 6.54 Å². The molecule has 2 rings (SSSR count). The van der Waals surface area contributed by atoms with Crippen molar-refractivity contribution in [3.63, 3.8) is 0 Å². The highest BCUT2D eigenvalue weighted by Gasteiger charge is 2.10. The molecule has 0 radical (unpaired) electrons. The summed E-state index contributed by atoms with van der Waals surface area (Å²) in [4.78, 5) is 4.46. The van der Waals surface area contributed by atoms with Gasteiger partial charge in [0.05, 0.1) is 12.6 Å². The average Bonchev–Trinajstić information content (AvgIpc) is 2.56. The summed E-state index contributed by atoms with van der Waals surface area (Å²) in [6, 6.07) is 10.4. The Morgan fingerprint density at radius 3 is 2.46 bits per heavy atom. The summed E-state index contributed by atoms with van der Waals surface area (Å²) < 4.78 is 26.4. The number of hydrogen-bond donors (Lipinski definition) is 3. The van der Waals surface area contributed by atoms with Crippen LogP contribution in [-0.2, 0) is 6.54 Å². The second kappa shape index (κ2) is 8.29. The van der Waals surface area contributed by atoms with Gasteiger partial charge in [-0.15, -0.1) is 0 Å². The maximum Gasteiger partial charge on any atom is 0.192 e. The maximum atomic E-state index is 13.4. The monoisotopic (exact) mass is 333 g/mol. The summed E-state index contributed by atoms with van der Waals surface area (Å²) >= 11 is 0. The van der Waals surface area contributed by atoms with E-state index >= 15 is 0 Å². The van der Waals surface area contributed by atoms with Gasteiger partial charge < -0.3 is 15.7 Å². The van der Waals surface area contributed by atoms with Gasteiger partial charge in [-0.05, 0) is 49.2 Å². The van der Waals surface area contributed by atoms with Crippen molar-refractivity contribution in [3.8, 4) is 5.75 Å². The van der Waals surface area contributed by atoms with E-state index in [-0.39, 0.29) is 11.8 Å². The summed E-state index contributed by atoms with van der Waals surface area (Å²) in [5.41, 5.74) is 1.58. The largest absolute Gasteiger partial charge is 0.508 e. The Labute approximate surface area is 140 Å². The molecule has 3 N–H and O–H groups in total. The molecule has 128 valence electrons. The molecule has 0 aliphatic rings. The number of nitrogens with one attached hydrogen (secondary N) is 2. The summed E-state index contributed by atoms with van der Waals surface area (Å²) in [7, 11) is 0. The van der Waals surface area contributed by atoms with E-state index in [9.17, 15) is 13.9 Å². The molecule has 2 aromatic carbocycles. The minimum absolute atomic E-state index is 0.208. The minimum Gasteiger partial charge on any atom is -0.508 e. The second-order valence-electron chi connectivity index (χ2n) is 5.40.